The highest BCUT2D eigenvalue weighted by Gasteiger charge is 2.36. The van der Waals surface area contributed by atoms with Gasteiger partial charge in [-0.2, -0.15) is 4.98 Å². The summed E-state index contributed by atoms with van der Waals surface area (Å²) in [4.78, 5) is 10.1. The Hall–Kier alpha value is -2.88. The maximum Gasteiger partial charge on any atom is 0.573 e. The van der Waals surface area contributed by atoms with Gasteiger partial charge in [0.05, 0.1) is 5.69 Å². The lowest BCUT2D eigenvalue weighted by Gasteiger charge is -2.32. The molecule has 1 N–H and O–H groups in total. The first kappa shape index (κ1) is 18.5. The SMILES string of the molecule is CC1CNCCN1c1nc2c(OC(F)(F)F)c(F)cc(-c3ccccn3)c2o1. The van der Waals surface area contributed by atoms with Crippen molar-refractivity contribution in [2.24, 2.45) is 0 Å². The molecule has 6 nitrogen and oxygen atoms in total. The smallest absolute Gasteiger partial charge is 0.423 e. The van der Waals surface area contributed by atoms with E-state index in [2.05, 4.69) is 20.0 Å². The van der Waals surface area contributed by atoms with Gasteiger partial charge < -0.3 is 19.4 Å². The van der Waals surface area contributed by atoms with E-state index in [0.717, 1.165) is 6.07 Å². The summed E-state index contributed by atoms with van der Waals surface area (Å²) < 4.78 is 62.7. The number of hydrogen-bond donors (Lipinski definition) is 1. The number of rotatable bonds is 3. The minimum atomic E-state index is -5.07. The molecule has 1 atom stereocenters. The molecule has 148 valence electrons. The minimum absolute atomic E-state index is 0.00283. The predicted octanol–water partition coefficient (Wildman–Crippen LogP) is 3.73. The van der Waals surface area contributed by atoms with Crippen LogP contribution in [0, 0.1) is 5.82 Å². The largest absolute Gasteiger partial charge is 0.573 e. The van der Waals surface area contributed by atoms with Crippen LogP contribution in [-0.4, -0.2) is 42.0 Å². The quantitative estimate of drug-likeness (QED) is 0.681. The first-order valence-corrected chi connectivity index (χ1v) is 8.61. The molecule has 3 heterocycles. The molecule has 1 fully saturated rings. The Balaban J connectivity index is 1.92. The fourth-order valence-electron chi connectivity index (χ4n) is 3.19. The van der Waals surface area contributed by atoms with E-state index in [-0.39, 0.29) is 28.7 Å². The van der Waals surface area contributed by atoms with Crippen molar-refractivity contribution in [1.29, 1.82) is 0 Å². The first-order chi connectivity index (χ1) is 13.3. The standard InChI is InChI=1S/C18H16F4N4O2/c1-10-9-23-6-7-26(10)17-25-14-15(27-17)11(13-4-2-3-5-24-13)8-12(19)16(14)28-18(20,21)22/h2-5,8,10,23H,6-7,9H2,1H3. The van der Waals surface area contributed by atoms with Gasteiger partial charge in [-0.3, -0.25) is 4.98 Å². The fourth-order valence-corrected chi connectivity index (χ4v) is 3.19. The number of benzene rings is 1. The summed E-state index contributed by atoms with van der Waals surface area (Å²) in [6, 6.07) is 5.99. The third-order valence-corrected chi connectivity index (χ3v) is 4.47. The van der Waals surface area contributed by atoms with Crippen LogP contribution in [0.1, 0.15) is 6.92 Å². The average molecular weight is 396 g/mol. The molecule has 28 heavy (non-hydrogen) atoms. The van der Waals surface area contributed by atoms with Crippen molar-refractivity contribution in [3.05, 3.63) is 36.3 Å². The Labute approximate surface area is 157 Å². The van der Waals surface area contributed by atoms with E-state index in [1.165, 1.54) is 6.20 Å². The number of alkyl halides is 3. The Morgan fingerprint density at radius 3 is 2.82 bits per heavy atom. The zero-order valence-corrected chi connectivity index (χ0v) is 14.8. The fraction of sp³-hybridized carbons (Fsp3) is 0.333. The summed E-state index contributed by atoms with van der Waals surface area (Å²) in [5, 5.41) is 3.20. The molecule has 2 aromatic heterocycles. The molecule has 0 amide bonds. The van der Waals surface area contributed by atoms with Gasteiger partial charge in [-0.1, -0.05) is 6.07 Å². The van der Waals surface area contributed by atoms with Gasteiger partial charge in [0.2, 0.25) is 0 Å². The second kappa shape index (κ2) is 6.93. The topological polar surface area (TPSA) is 63.4 Å². The first-order valence-electron chi connectivity index (χ1n) is 8.61. The van der Waals surface area contributed by atoms with Gasteiger partial charge in [0.15, 0.2) is 22.7 Å². The normalized spacial score (nSPS) is 17.9. The molecule has 0 radical (unpaired) electrons. The molecular formula is C18H16F4N4O2. The molecule has 4 rings (SSSR count). The van der Waals surface area contributed by atoms with Crippen LogP contribution in [0.25, 0.3) is 22.4 Å². The lowest BCUT2D eigenvalue weighted by molar-refractivity contribution is -0.275. The third kappa shape index (κ3) is 3.47. The number of piperazine rings is 1. The lowest BCUT2D eigenvalue weighted by Crippen LogP contribution is -2.50. The van der Waals surface area contributed by atoms with Crippen LogP contribution in [0.3, 0.4) is 0 Å². The van der Waals surface area contributed by atoms with Crippen LogP contribution >= 0.6 is 0 Å². The van der Waals surface area contributed by atoms with Gasteiger partial charge in [-0.05, 0) is 25.1 Å². The molecule has 1 aliphatic heterocycles. The van der Waals surface area contributed by atoms with E-state index in [9.17, 15) is 17.6 Å². The highest BCUT2D eigenvalue weighted by molar-refractivity contribution is 5.94. The van der Waals surface area contributed by atoms with E-state index in [1.54, 1.807) is 18.2 Å². The monoisotopic (exact) mass is 396 g/mol. The highest BCUT2D eigenvalue weighted by Crippen LogP contribution is 2.40. The molecule has 0 aliphatic carbocycles. The number of ether oxygens (including phenoxy) is 1. The molecule has 10 heteroatoms. The molecule has 0 spiro atoms. The van der Waals surface area contributed by atoms with Crippen molar-refractivity contribution in [1.82, 2.24) is 15.3 Å². The number of anilines is 1. The van der Waals surface area contributed by atoms with Gasteiger partial charge in [0, 0.05) is 37.4 Å². The van der Waals surface area contributed by atoms with Crippen LogP contribution in [0.15, 0.2) is 34.9 Å². The number of fused-ring (bicyclic) bond motifs is 1. The molecule has 1 aromatic carbocycles. The van der Waals surface area contributed by atoms with E-state index in [1.807, 2.05) is 11.8 Å². The summed E-state index contributed by atoms with van der Waals surface area (Å²) in [5.41, 5.74) is 0.198. The molecular weight excluding hydrogens is 380 g/mol. The number of hydrogen-bond acceptors (Lipinski definition) is 6. The van der Waals surface area contributed by atoms with Crippen molar-refractivity contribution in [2.45, 2.75) is 19.3 Å². The van der Waals surface area contributed by atoms with Gasteiger partial charge >= 0.3 is 6.36 Å². The van der Waals surface area contributed by atoms with Gasteiger partial charge in [-0.25, -0.2) is 4.39 Å². The van der Waals surface area contributed by atoms with E-state index in [0.29, 0.717) is 25.3 Å². The van der Waals surface area contributed by atoms with Crippen molar-refractivity contribution in [3.63, 3.8) is 0 Å². The van der Waals surface area contributed by atoms with Crippen molar-refractivity contribution in [2.75, 3.05) is 24.5 Å². The number of oxazole rings is 1. The number of nitrogens with one attached hydrogen (secondary N) is 1. The Kier molecular flexibility index (Phi) is 4.58. The molecule has 1 aliphatic rings. The summed E-state index contributed by atoms with van der Waals surface area (Å²) in [7, 11) is 0. The van der Waals surface area contributed by atoms with Crippen LogP contribution in [0.2, 0.25) is 0 Å². The Bertz CT molecular complexity index is 991. The zero-order chi connectivity index (χ0) is 19.9. The van der Waals surface area contributed by atoms with Crippen molar-refractivity contribution >= 4 is 17.1 Å². The zero-order valence-electron chi connectivity index (χ0n) is 14.8. The molecule has 1 saturated heterocycles. The van der Waals surface area contributed by atoms with Crippen molar-refractivity contribution in [3.8, 4) is 17.0 Å². The van der Waals surface area contributed by atoms with Crippen LogP contribution in [0.5, 0.6) is 5.75 Å². The average Bonchev–Trinajstić information content (AvgIpc) is 3.09. The third-order valence-electron chi connectivity index (χ3n) is 4.47. The predicted molar refractivity (Wildman–Crippen MR) is 93.6 cm³/mol. The van der Waals surface area contributed by atoms with Crippen LogP contribution in [0.4, 0.5) is 23.6 Å². The minimum Gasteiger partial charge on any atom is -0.423 e. The summed E-state index contributed by atoms with van der Waals surface area (Å²) in [5.74, 6) is -2.21. The second-order valence-corrected chi connectivity index (χ2v) is 6.42. The molecule has 3 aromatic rings. The van der Waals surface area contributed by atoms with Crippen LogP contribution in [-0.2, 0) is 0 Å². The summed E-state index contributed by atoms with van der Waals surface area (Å²) in [6.07, 6.45) is -3.57. The lowest BCUT2D eigenvalue weighted by atomic mass is 10.1. The van der Waals surface area contributed by atoms with E-state index >= 15 is 0 Å². The number of halogens is 4. The number of pyridine rings is 1. The maximum atomic E-state index is 14.6. The number of aromatic nitrogens is 2. The number of nitrogens with zero attached hydrogens (tertiary/aromatic N) is 3. The molecule has 0 bridgehead atoms. The van der Waals surface area contributed by atoms with Gasteiger partial charge in [-0.15, -0.1) is 13.2 Å². The molecule has 0 saturated carbocycles. The Morgan fingerprint density at radius 1 is 1.32 bits per heavy atom. The van der Waals surface area contributed by atoms with Gasteiger partial charge in [0.1, 0.15) is 0 Å². The van der Waals surface area contributed by atoms with Gasteiger partial charge in [0.25, 0.3) is 6.01 Å². The van der Waals surface area contributed by atoms with E-state index < -0.39 is 17.9 Å². The maximum absolute atomic E-state index is 14.6. The second-order valence-electron chi connectivity index (χ2n) is 6.42. The highest BCUT2D eigenvalue weighted by atomic mass is 19.4. The molecule has 1 unspecified atom stereocenters. The Morgan fingerprint density at radius 2 is 2.14 bits per heavy atom. The van der Waals surface area contributed by atoms with Crippen LogP contribution < -0.4 is 15.0 Å². The van der Waals surface area contributed by atoms with Crippen molar-refractivity contribution < 1.29 is 26.7 Å². The summed E-state index contributed by atoms with van der Waals surface area (Å²) in [6.45, 7) is 3.79. The summed E-state index contributed by atoms with van der Waals surface area (Å²) >= 11 is 0. The van der Waals surface area contributed by atoms with E-state index in [4.69, 9.17) is 4.42 Å².